The molecule has 0 spiro atoms. The van der Waals surface area contributed by atoms with E-state index in [2.05, 4.69) is 6.92 Å². The van der Waals surface area contributed by atoms with Crippen LogP contribution in [0.4, 0.5) is 0 Å². The van der Waals surface area contributed by atoms with Crippen molar-refractivity contribution in [3.05, 3.63) is 0 Å². The van der Waals surface area contributed by atoms with Crippen molar-refractivity contribution < 1.29 is 4.89 Å². The van der Waals surface area contributed by atoms with Crippen molar-refractivity contribution in [1.82, 2.24) is 0 Å². The minimum absolute atomic E-state index is 0.925. The maximum absolute atomic E-state index is 9.67. The first-order valence-corrected chi connectivity index (χ1v) is 10.2. The van der Waals surface area contributed by atoms with Crippen LogP contribution in [-0.4, -0.2) is 16.4 Å². The van der Waals surface area contributed by atoms with Crippen LogP contribution in [0.25, 0.3) is 0 Å². The van der Waals surface area contributed by atoms with Crippen molar-refractivity contribution in [2.75, 3.05) is 11.5 Å². The Morgan fingerprint density at radius 2 is 1.92 bits per heavy atom. The Hall–Kier alpha value is 1.31. The van der Waals surface area contributed by atoms with Gasteiger partial charge in [0, 0.05) is 5.75 Å². The molecule has 0 aliphatic carbocycles. The van der Waals surface area contributed by atoms with E-state index < -0.39 is 4.67 Å². The zero-order valence-corrected chi connectivity index (χ0v) is 11.0. The summed E-state index contributed by atoms with van der Waals surface area (Å²) in [7, 11) is 0. The third-order valence-corrected chi connectivity index (χ3v) is 9.75. The van der Waals surface area contributed by atoms with Crippen LogP contribution in [0.15, 0.2) is 0 Å². The van der Waals surface area contributed by atoms with Crippen LogP contribution >= 0.6 is 27.4 Å². The van der Waals surface area contributed by atoms with Gasteiger partial charge >= 0.3 is 0 Å². The molecule has 1 unspecified atom stereocenters. The fraction of sp³-hybridized carbons (Fsp3) is 1.00. The lowest BCUT2D eigenvalue weighted by Gasteiger charge is -2.11. The molecule has 1 atom stereocenters. The normalized spacial score (nSPS) is 15.9. The van der Waals surface area contributed by atoms with E-state index in [9.17, 15) is 4.89 Å². The van der Waals surface area contributed by atoms with Gasteiger partial charge in [0.1, 0.15) is 0 Å². The summed E-state index contributed by atoms with van der Waals surface area (Å²) in [6, 6.07) is 0. The molecule has 5 heteroatoms. The largest absolute Gasteiger partial charge is 0.350 e. The Labute approximate surface area is 88.7 Å². The molecule has 0 amide bonds. The summed E-state index contributed by atoms with van der Waals surface area (Å²) >= 11 is 8.21. The summed E-state index contributed by atoms with van der Waals surface area (Å²) in [4.78, 5) is 9.67. The van der Waals surface area contributed by atoms with Crippen molar-refractivity contribution in [1.29, 1.82) is 0 Å². The molecule has 74 valence electrons. The lowest BCUT2D eigenvalue weighted by atomic mass is 10.3. The van der Waals surface area contributed by atoms with Gasteiger partial charge in [-0.2, -0.15) is 0 Å². The lowest BCUT2D eigenvalue weighted by Crippen LogP contribution is -1.79. The molecule has 0 aromatic carbocycles. The Kier molecular flexibility index (Phi) is 8.53. The molecule has 1 N–H and O–H groups in total. The first kappa shape index (κ1) is 13.3. The molecule has 0 radical (unpaired) electrons. The summed E-state index contributed by atoms with van der Waals surface area (Å²) < 4.78 is -2.07. The number of unbranched alkanes of at least 4 members (excludes halogenated alkanes) is 2. The molecule has 0 rings (SSSR count). The monoisotopic (exact) mass is 244 g/mol. The molecule has 0 aromatic heterocycles. The third-order valence-electron chi connectivity index (χ3n) is 1.29. The van der Waals surface area contributed by atoms with Crippen LogP contribution in [0.3, 0.4) is 0 Å². The second kappa shape index (κ2) is 7.69. The van der Waals surface area contributed by atoms with Crippen molar-refractivity contribution in [2.24, 2.45) is 0 Å². The summed E-state index contributed by atoms with van der Waals surface area (Å²) in [5.41, 5.74) is 0. The third kappa shape index (κ3) is 7.93. The fourth-order valence-electron chi connectivity index (χ4n) is 0.732. The Balaban J connectivity index is 3.41. The lowest BCUT2D eigenvalue weighted by molar-refractivity contribution is 0.653. The van der Waals surface area contributed by atoms with Crippen LogP contribution in [0, 0.1) is 0 Å². The van der Waals surface area contributed by atoms with Crippen LogP contribution in [0.2, 0.25) is 0 Å². The van der Waals surface area contributed by atoms with Crippen LogP contribution < -0.4 is 0 Å². The van der Waals surface area contributed by atoms with E-state index in [0.717, 1.165) is 11.5 Å². The van der Waals surface area contributed by atoms with Crippen molar-refractivity contribution in [3.63, 3.8) is 0 Å². The van der Waals surface area contributed by atoms with Gasteiger partial charge < -0.3 is 4.89 Å². The number of hydrogen-bond donors (Lipinski definition) is 1. The summed E-state index contributed by atoms with van der Waals surface area (Å²) in [6.45, 7) is 4.22. The number of hydrogen-bond acceptors (Lipinski definition) is 3. The van der Waals surface area contributed by atoms with E-state index in [1.807, 2.05) is 6.92 Å². The smallest absolute Gasteiger partial charge is 0.172 e. The molecule has 1 nitrogen and oxygen atoms in total. The molecule has 0 saturated heterocycles. The van der Waals surface area contributed by atoms with Gasteiger partial charge in [-0.15, -0.1) is 0 Å². The van der Waals surface area contributed by atoms with Gasteiger partial charge in [-0.25, -0.2) is 0 Å². The molecular formula is C7H17OPS3. The van der Waals surface area contributed by atoms with Gasteiger partial charge in [0.05, 0.1) is 0 Å². The van der Waals surface area contributed by atoms with Gasteiger partial charge in [-0.1, -0.05) is 49.5 Å². The van der Waals surface area contributed by atoms with Gasteiger partial charge in [-0.05, 0) is 24.0 Å². The highest BCUT2D eigenvalue weighted by Crippen LogP contribution is 2.65. The maximum atomic E-state index is 9.67. The molecule has 0 bridgehead atoms. The highest BCUT2D eigenvalue weighted by molar-refractivity contribution is 8.98. The molecule has 0 heterocycles. The zero-order chi connectivity index (χ0) is 9.45. The second-order valence-electron chi connectivity index (χ2n) is 2.43. The Morgan fingerprint density at radius 1 is 1.25 bits per heavy atom. The average Bonchev–Trinajstić information content (AvgIpc) is 1.98. The summed E-state index contributed by atoms with van der Waals surface area (Å²) in [6.07, 6.45) is 3.67. The minimum atomic E-state index is -2.07. The first-order chi connectivity index (χ1) is 5.62. The van der Waals surface area contributed by atoms with Gasteiger partial charge in [0.15, 0.2) is 4.67 Å². The summed E-state index contributed by atoms with van der Waals surface area (Å²) in [5, 5.41) is 0. The predicted octanol–water partition coefficient (Wildman–Crippen LogP) is 3.88. The molecule has 0 aliphatic rings. The molecule has 0 aromatic rings. The van der Waals surface area contributed by atoms with Gasteiger partial charge in [-0.3, -0.25) is 0 Å². The summed E-state index contributed by atoms with van der Waals surface area (Å²) in [5.74, 6) is 1.95. The number of rotatable bonds is 7. The van der Waals surface area contributed by atoms with E-state index >= 15 is 0 Å². The molecule has 12 heavy (non-hydrogen) atoms. The molecular weight excluding hydrogens is 227 g/mol. The van der Waals surface area contributed by atoms with Crippen molar-refractivity contribution >= 4 is 39.2 Å². The van der Waals surface area contributed by atoms with Crippen molar-refractivity contribution in [3.8, 4) is 0 Å². The van der Waals surface area contributed by atoms with E-state index in [1.54, 1.807) is 11.4 Å². The molecule has 0 aliphatic heterocycles. The van der Waals surface area contributed by atoms with E-state index in [0.29, 0.717) is 0 Å². The van der Waals surface area contributed by atoms with Crippen LogP contribution in [0.1, 0.15) is 33.1 Å². The second-order valence-corrected chi connectivity index (χ2v) is 13.3. The zero-order valence-electron chi connectivity index (χ0n) is 7.65. The quantitative estimate of drug-likeness (QED) is 0.541. The molecule has 0 fully saturated rings. The topological polar surface area (TPSA) is 20.2 Å². The fourth-order valence-corrected chi connectivity index (χ4v) is 7.89. The first-order valence-electron chi connectivity index (χ1n) is 4.24. The van der Waals surface area contributed by atoms with E-state index in [4.69, 9.17) is 11.8 Å². The van der Waals surface area contributed by atoms with Gasteiger partial charge in [0.25, 0.3) is 0 Å². The van der Waals surface area contributed by atoms with Crippen molar-refractivity contribution in [2.45, 2.75) is 33.1 Å². The average molecular weight is 244 g/mol. The van der Waals surface area contributed by atoms with E-state index in [1.165, 1.54) is 30.6 Å². The Morgan fingerprint density at radius 3 is 2.42 bits per heavy atom. The molecule has 0 saturated carbocycles. The van der Waals surface area contributed by atoms with Crippen LogP contribution in [0.5, 0.6) is 0 Å². The SMILES string of the molecule is CCCCCSP(O)(=S)SCC. The standard InChI is InChI=1S/C7H17OPS3/c1-3-5-6-7-12-9(8,10)11-4-2/h3-7H2,1-2H3,(H,8,10). The van der Waals surface area contributed by atoms with Crippen LogP contribution in [-0.2, 0) is 11.8 Å². The highest BCUT2D eigenvalue weighted by atomic mass is 33.2. The highest BCUT2D eigenvalue weighted by Gasteiger charge is 2.11. The minimum Gasteiger partial charge on any atom is -0.350 e. The van der Waals surface area contributed by atoms with E-state index in [-0.39, 0.29) is 0 Å². The van der Waals surface area contributed by atoms with Gasteiger partial charge in [0.2, 0.25) is 0 Å². The predicted molar refractivity (Wildman–Crippen MR) is 66.6 cm³/mol. The maximum Gasteiger partial charge on any atom is 0.172 e. The Bertz CT molecular complexity index is 152.